The molecule has 3 N–H and O–H groups in total. The van der Waals surface area contributed by atoms with Crippen LogP contribution in [0.15, 0.2) is 0 Å². The maximum absolute atomic E-state index is 5.04. The Morgan fingerprint density at radius 1 is 0.909 bits per heavy atom. The van der Waals surface area contributed by atoms with Gasteiger partial charge in [0.2, 0.25) is 17.8 Å². The number of anilines is 3. The second-order valence-electron chi connectivity index (χ2n) is 4.43. The minimum absolute atomic E-state index is 0.441. The van der Waals surface area contributed by atoms with E-state index in [1.54, 1.807) is 7.05 Å². The number of hydrogen-bond donors (Lipinski definition) is 3. The summed E-state index contributed by atoms with van der Waals surface area (Å²) in [6, 6.07) is 0. The second kappa shape index (κ2) is 9.19. The summed E-state index contributed by atoms with van der Waals surface area (Å²) in [5, 5.41) is 3.29. The van der Waals surface area contributed by atoms with Crippen molar-refractivity contribution in [3.63, 3.8) is 0 Å². The van der Waals surface area contributed by atoms with Gasteiger partial charge in [-0.2, -0.15) is 15.0 Å². The van der Waals surface area contributed by atoms with Crippen LogP contribution in [0.1, 0.15) is 27.7 Å². The smallest absolute Gasteiger partial charge is 0.248 e. The monoisotopic (exact) mass is 326 g/mol. The molecule has 1 aromatic rings. The zero-order valence-corrected chi connectivity index (χ0v) is 14.8. The van der Waals surface area contributed by atoms with E-state index in [4.69, 9.17) is 12.2 Å². The predicted octanol–water partition coefficient (Wildman–Crippen LogP) is 0.985. The number of hydrogen-bond acceptors (Lipinski definition) is 7. The van der Waals surface area contributed by atoms with Gasteiger partial charge in [0, 0.05) is 33.2 Å². The molecule has 1 aromatic heterocycles. The molecule has 9 heteroatoms. The average Bonchev–Trinajstić information content (AvgIpc) is 2.55. The summed E-state index contributed by atoms with van der Waals surface area (Å²) in [6.45, 7) is 11.6. The summed E-state index contributed by atoms with van der Waals surface area (Å²) in [5.41, 5.74) is 5.75. The molecule has 0 atom stereocenters. The minimum Gasteiger partial charge on any atom is -0.364 e. The predicted molar refractivity (Wildman–Crippen MR) is 95.4 cm³/mol. The maximum Gasteiger partial charge on any atom is 0.248 e. The quantitative estimate of drug-likeness (QED) is 0.478. The lowest BCUT2D eigenvalue weighted by Gasteiger charge is -2.23. The fraction of sp³-hybridized carbons (Fsp3) is 0.692. The molecule has 0 radical (unpaired) electrons. The van der Waals surface area contributed by atoms with Crippen molar-refractivity contribution in [2.45, 2.75) is 27.7 Å². The van der Waals surface area contributed by atoms with Gasteiger partial charge >= 0.3 is 0 Å². The van der Waals surface area contributed by atoms with Gasteiger partial charge in [0.15, 0.2) is 5.11 Å². The summed E-state index contributed by atoms with van der Waals surface area (Å²) in [5.74, 6) is 1.75. The molecule has 0 amide bonds. The first-order valence-electron chi connectivity index (χ1n) is 7.59. The van der Waals surface area contributed by atoms with E-state index in [9.17, 15) is 0 Å². The number of hydrazine groups is 1. The average molecular weight is 326 g/mol. The normalized spacial score (nSPS) is 10.0. The third kappa shape index (κ3) is 4.83. The van der Waals surface area contributed by atoms with Crippen molar-refractivity contribution in [2.75, 3.05) is 48.5 Å². The molecular weight excluding hydrogens is 300 g/mol. The van der Waals surface area contributed by atoms with Crippen molar-refractivity contribution in [1.82, 2.24) is 25.7 Å². The van der Waals surface area contributed by atoms with Crippen LogP contribution in [0.5, 0.6) is 0 Å². The molecule has 0 aromatic carbocycles. The number of nitrogens with zero attached hydrogens (tertiary/aromatic N) is 5. The molecule has 0 aliphatic rings. The topological polar surface area (TPSA) is 81.2 Å². The molecule has 1 rings (SSSR count). The van der Waals surface area contributed by atoms with Gasteiger partial charge in [0.25, 0.3) is 0 Å². The highest BCUT2D eigenvalue weighted by Gasteiger charge is 2.14. The number of rotatable bonds is 8. The van der Waals surface area contributed by atoms with Crippen molar-refractivity contribution >= 4 is 35.2 Å². The van der Waals surface area contributed by atoms with Gasteiger partial charge in [0.05, 0.1) is 0 Å². The Bertz CT molecular complexity index is 443. The van der Waals surface area contributed by atoms with E-state index in [1.165, 1.54) is 0 Å². The Labute approximate surface area is 137 Å². The summed E-state index contributed by atoms with van der Waals surface area (Å²) in [4.78, 5) is 17.6. The zero-order valence-electron chi connectivity index (χ0n) is 14.0. The molecule has 22 heavy (non-hydrogen) atoms. The maximum atomic E-state index is 5.04. The van der Waals surface area contributed by atoms with Gasteiger partial charge in [-0.3, -0.25) is 10.9 Å². The van der Waals surface area contributed by atoms with Crippen LogP contribution in [-0.2, 0) is 0 Å². The molecule has 0 bridgehead atoms. The SMILES string of the molecule is CCN(CC)c1nc(NNC(=S)NC)nc(N(CC)CC)n1. The summed E-state index contributed by atoms with van der Waals surface area (Å²) >= 11 is 5.04. The first kappa shape index (κ1) is 18.1. The van der Waals surface area contributed by atoms with E-state index in [2.05, 4.69) is 68.6 Å². The largest absolute Gasteiger partial charge is 0.364 e. The van der Waals surface area contributed by atoms with Crippen LogP contribution in [0.2, 0.25) is 0 Å². The van der Waals surface area contributed by atoms with Gasteiger partial charge in [-0.25, -0.2) is 0 Å². The highest BCUT2D eigenvalue weighted by Crippen LogP contribution is 2.16. The molecule has 0 saturated carbocycles. The molecule has 0 fully saturated rings. The van der Waals surface area contributed by atoms with Gasteiger partial charge in [-0.1, -0.05) is 0 Å². The fourth-order valence-corrected chi connectivity index (χ4v) is 1.93. The zero-order chi connectivity index (χ0) is 16.5. The summed E-state index contributed by atoms with van der Waals surface area (Å²) < 4.78 is 0. The Kier molecular flexibility index (Phi) is 7.58. The molecular formula is C13H26N8S. The van der Waals surface area contributed by atoms with E-state index in [-0.39, 0.29) is 0 Å². The molecule has 0 spiro atoms. The summed E-state index contributed by atoms with van der Waals surface area (Å²) in [6.07, 6.45) is 0. The third-order valence-corrected chi connectivity index (χ3v) is 3.53. The Balaban J connectivity index is 3.10. The van der Waals surface area contributed by atoms with Gasteiger partial charge in [-0.05, 0) is 39.9 Å². The lowest BCUT2D eigenvalue weighted by molar-refractivity contribution is 0.775. The van der Waals surface area contributed by atoms with Crippen LogP contribution in [0.25, 0.3) is 0 Å². The van der Waals surface area contributed by atoms with Crippen LogP contribution in [0.4, 0.5) is 17.8 Å². The van der Waals surface area contributed by atoms with E-state index < -0.39 is 0 Å². The molecule has 8 nitrogen and oxygen atoms in total. The first-order valence-corrected chi connectivity index (χ1v) is 7.99. The Morgan fingerprint density at radius 3 is 1.73 bits per heavy atom. The second-order valence-corrected chi connectivity index (χ2v) is 4.84. The Hall–Kier alpha value is -1.90. The lowest BCUT2D eigenvalue weighted by Crippen LogP contribution is -2.37. The molecule has 0 aliphatic carbocycles. The summed E-state index contributed by atoms with van der Waals surface area (Å²) in [7, 11) is 1.74. The van der Waals surface area contributed by atoms with Gasteiger partial charge in [-0.15, -0.1) is 0 Å². The molecule has 124 valence electrons. The first-order chi connectivity index (χ1) is 10.6. The minimum atomic E-state index is 0.441. The Morgan fingerprint density at radius 2 is 1.36 bits per heavy atom. The molecule has 1 heterocycles. The van der Waals surface area contributed by atoms with Crippen LogP contribution in [0.3, 0.4) is 0 Å². The van der Waals surface area contributed by atoms with Crippen LogP contribution >= 0.6 is 12.2 Å². The van der Waals surface area contributed by atoms with Crippen molar-refractivity contribution in [1.29, 1.82) is 0 Å². The number of aromatic nitrogens is 3. The third-order valence-electron chi connectivity index (χ3n) is 3.22. The van der Waals surface area contributed by atoms with Crippen LogP contribution in [-0.4, -0.2) is 53.3 Å². The van der Waals surface area contributed by atoms with E-state index in [1.807, 2.05) is 0 Å². The van der Waals surface area contributed by atoms with E-state index in [0.717, 1.165) is 26.2 Å². The van der Waals surface area contributed by atoms with Crippen molar-refractivity contribution in [2.24, 2.45) is 0 Å². The highest BCUT2D eigenvalue weighted by molar-refractivity contribution is 7.80. The number of thiocarbonyl (C=S) groups is 1. The molecule has 0 aliphatic heterocycles. The van der Waals surface area contributed by atoms with Gasteiger partial charge < -0.3 is 15.1 Å². The molecule has 0 unspecified atom stereocenters. The van der Waals surface area contributed by atoms with E-state index in [0.29, 0.717) is 23.0 Å². The van der Waals surface area contributed by atoms with Gasteiger partial charge in [0.1, 0.15) is 0 Å². The lowest BCUT2D eigenvalue weighted by atomic mass is 10.5. The highest BCUT2D eigenvalue weighted by atomic mass is 32.1. The number of nitrogens with one attached hydrogen (secondary N) is 3. The standard InChI is InChI=1S/C13H26N8S/c1-6-20(7-2)11-15-10(18-19-13(22)14-5)16-12(17-11)21(8-3)9-4/h6-9H2,1-5H3,(H2,14,19,22)(H,15,16,17,18). The van der Waals surface area contributed by atoms with Crippen molar-refractivity contribution in [3.05, 3.63) is 0 Å². The molecule has 0 saturated heterocycles. The van der Waals surface area contributed by atoms with Crippen LogP contribution < -0.4 is 26.0 Å². The van der Waals surface area contributed by atoms with E-state index >= 15 is 0 Å². The van der Waals surface area contributed by atoms with Crippen molar-refractivity contribution < 1.29 is 0 Å². The van der Waals surface area contributed by atoms with Crippen molar-refractivity contribution in [3.8, 4) is 0 Å². The fourth-order valence-electron chi connectivity index (χ4n) is 1.88. The van der Waals surface area contributed by atoms with Crippen LogP contribution in [0, 0.1) is 0 Å².